The topological polar surface area (TPSA) is 87.0 Å². The smallest absolute Gasteiger partial charge is 0.308 e. The van der Waals surface area contributed by atoms with Crippen LogP contribution in [0.25, 0.3) is 0 Å². The van der Waals surface area contributed by atoms with E-state index in [4.69, 9.17) is 11.6 Å². The maximum absolute atomic E-state index is 10.9. The summed E-state index contributed by atoms with van der Waals surface area (Å²) in [6, 6.07) is 3.95. The number of carbonyl (C=O) groups is 1. The number of aliphatic hydroxyl groups excluding tert-OH is 2. The molecule has 0 spiro atoms. The van der Waals surface area contributed by atoms with Crippen LogP contribution in [0.5, 0.6) is 5.75 Å². The third kappa shape index (κ3) is 3.89. The fraction of sp³-hybridized carbons (Fsp3) is 0.364. The van der Waals surface area contributed by atoms with Gasteiger partial charge in [0.05, 0.1) is 19.6 Å². The zero-order valence-corrected chi connectivity index (χ0v) is 9.89. The minimum Gasteiger partial charge on any atom is -0.508 e. The molecule has 17 heavy (non-hydrogen) atoms. The van der Waals surface area contributed by atoms with Gasteiger partial charge in [-0.15, -0.1) is 0 Å². The number of rotatable bonds is 4. The highest BCUT2D eigenvalue weighted by atomic mass is 35.5. The monoisotopic (exact) mass is 260 g/mol. The first-order valence-corrected chi connectivity index (χ1v) is 5.24. The number of aliphatic hydroxyl groups is 2. The van der Waals surface area contributed by atoms with Gasteiger partial charge in [-0.1, -0.05) is 11.6 Å². The van der Waals surface area contributed by atoms with Gasteiger partial charge in [0.2, 0.25) is 0 Å². The van der Waals surface area contributed by atoms with Crippen molar-refractivity contribution in [3.8, 4) is 5.75 Å². The number of ether oxygens (including phenoxy) is 1. The van der Waals surface area contributed by atoms with E-state index in [0.29, 0.717) is 0 Å². The van der Waals surface area contributed by atoms with Crippen LogP contribution in [-0.2, 0) is 9.53 Å². The van der Waals surface area contributed by atoms with Gasteiger partial charge in [0.1, 0.15) is 11.9 Å². The predicted molar refractivity (Wildman–Crippen MR) is 60.7 cm³/mol. The molecule has 0 saturated carbocycles. The zero-order valence-electron chi connectivity index (χ0n) is 9.13. The summed E-state index contributed by atoms with van der Waals surface area (Å²) in [6.45, 7) is 0. The zero-order chi connectivity index (χ0) is 13.0. The molecule has 0 bridgehead atoms. The Morgan fingerprint density at radius 2 is 2.06 bits per heavy atom. The number of halogens is 1. The highest BCUT2D eigenvalue weighted by Gasteiger charge is 2.22. The average Bonchev–Trinajstić information content (AvgIpc) is 2.26. The van der Waals surface area contributed by atoms with Crippen LogP contribution >= 0.6 is 11.6 Å². The Kier molecular flexibility index (Phi) is 4.74. The summed E-state index contributed by atoms with van der Waals surface area (Å²) in [7, 11) is 1.19. The van der Waals surface area contributed by atoms with E-state index >= 15 is 0 Å². The molecule has 2 unspecified atom stereocenters. The van der Waals surface area contributed by atoms with Crippen LogP contribution in [0.2, 0.25) is 5.02 Å². The first kappa shape index (κ1) is 13.8. The van der Waals surface area contributed by atoms with E-state index in [1.807, 2.05) is 0 Å². The standard InChI is InChI=1S/C11H13ClO5/c1-17-10(15)5-9(14)11(16)6-2-7(12)4-8(13)3-6/h2-4,9,11,13-14,16H,5H2,1H3. The molecular weight excluding hydrogens is 248 g/mol. The van der Waals surface area contributed by atoms with Gasteiger partial charge < -0.3 is 20.1 Å². The molecule has 1 rings (SSSR count). The van der Waals surface area contributed by atoms with E-state index in [0.717, 1.165) is 0 Å². The molecular formula is C11H13ClO5. The fourth-order valence-electron chi connectivity index (χ4n) is 1.35. The maximum Gasteiger partial charge on any atom is 0.308 e. The molecule has 5 nitrogen and oxygen atoms in total. The van der Waals surface area contributed by atoms with Crippen LogP contribution < -0.4 is 0 Å². The summed E-state index contributed by atoms with van der Waals surface area (Å²) in [5, 5.41) is 28.8. The molecule has 1 aromatic rings. The van der Waals surface area contributed by atoms with Crippen molar-refractivity contribution in [1.29, 1.82) is 0 Å². The Hall–Kier alpha value is -1.30. The molecule has 6 heteroatoms. The summed E-state index contributed by atoms with van der Waals surface area (Å²) in [5.41, 5.74) is 0.228. The van der Waals surface area contributed by atoms with Crippen LogP contribution in [0.1, 0.15) is 18.1 Å². The van der Waals surface area contributed by atoms with E-state index in [1.54, 1.807) is 0 Å². The summed E-state index contributed by atoms with van der Waals surface area (Å²) in [5.74, 6) is -0.764. The molecule has 1 aromatic carbocycles. The van der Waals surface area contributed by atoms with E-state index in [-0.39, 0.29) is 22.8 Å². The van der Waals surface area contributed by atoms with Crippen molar-refractivity contribution in [3.63, 3.8) is 0 Å². The van der Waals surface area contributed by atoms with Crippen molar-refractivity contribution in [2.45, 2.75) is 18.6 Å². The molecule has 0 heterocycles. The molecule has 94 valence electrons. The van der Waals surface area contributed by atoms with Crippen LogP contribution in [0, 0.1) is 0 Å². The normalized spacial score (nSPS) is 14.1. The molecule has 2 atom stereocenters. The minimum absolute atomic E-state index is 0.128. The molecule has 0 radical (unpaired) electrons. The Labute approximate surface area is 103 Å². The molecule has 3 N–H and O–H groups in total. The summed E-state index contributed by atoms with van der Waals surface area (Å²) < 4.78 is 4.37. The number of carbonyl (C=O) groups excluding carboxylic acids is 1. The van der Waals surface area contributed by atoms with Gasteiger partial charge in [0, 0.05) is 5.02 Å². The molecule has 0 saturated heterocycles. The number of hydrogen-bond donors (Lipinski definition) is 3. The van der Waals surface area contributed by atoms with Crippen molar-refractivity contribution in [3.05, 3.63) is 28.8 Å². The number of phenols is 1. The molecule has 0 aliphatic carbocycles. The number of benzene rings is 1. The summed E-state index contributed by atoms with van der Waals surface area (Å²) >= 11 is 5.69. The third-order valence-electron chi connectivity index (χ3n) is 2.21. The second kappa shape index (κ2) is 5.86. The molecule has 0 aliphatic rings. The van der Waals surface area contributed by atoms with Crippen LogP contribution in [0.3, 0.4) is 0 Å². The van der Waals surface area contributed by atoms with Crippen LogP contribution in [0.15, 0.2) is 18.2 Å². The second-order valence-electron chi connectivity index (χ2n) is 3.54. The quantitative estimate of drug-likeness (QED) is 0.703. The summed E-state index contributed by atoms with van der Waals surface area (Å²) in [4.78, 5) is 10.9. The lowest BCUT2D eigenvalue weighted by molar-refractivity contribution is -0.144. The lowest BCUT2D eigenvalue weighted by atomic mass is 10.0. The van der Waals surface area contributed by atoms with Crippen molar-refractivity contribution in [2.24, 2.45) is 0 Å². The SMILES string of the molecule is COC(=O)CC(O)C(O)c1cc(O)cc(Cl)c1. The van der Waals surface area contributed by atoms with Gasteiger partial charge in [0.15, 0.2) is 0 Å². The first-order chi connectivity index (χ1) is 7.93. The molecule has 0 aromatic heterocycles. The Morgan fingerprint density at radius 3 is 2.59 bits per heavy atom. The lowest BCUT2D eigenvalue weighted by Gasteiger charge is -2.17. The van der Waals surface area contributed by atoms with Gasteiger partial charge in [-0.25, -0.2) is 0 Å². The minimum atomic E-state index is -1.32. The average molecular weight is 261 g/mol. The highest BCUT2D eigenvalue weighted by Crippen LogP contribution is 2.26. The maximum atomic E-state index is 10.9. The van der Waals surface area contributed by atoms with Gasteiger partial charge >= 0.3 is 5.97 Å². The van der Waals surface area contributed by atoms with E-state index < -0.39 is 18.2 Å². The Bertz CT molecular complexity index is 387. The third-order valence-corrected chi connectivity index (χ3v) is 2.43. The number of methoxy groups -OCH3 is 1. The van der Waals surface area contributed by atoms with Crippen molar-refractivity contribution in [1.82, 2.24) is 0 Å². The van der Waals surface area contributed by atoms with Crippen molar-refractivity contribution in [2.75, 3.05) is 7.11 Å². The second-order valence-corrected chi connectivity index (χ2v) is 3.97. The number of hydrogen-bond acceptors (Lipinski definition) is 5. The van der Waals surface area contributed by atoms with Crippen LogP contribution in [0.4, 0.5) is 0 Å². The summed E-state index contributed by atoms with van der Waals surface area (Å²) in [6.07, 6.45) is -2.98. The molecule has 0 aliphatic heterocycles. The van der Waals surface area contributed by atoms with Crippen molar-refractivity contribution >= 4 is 17.6 Å². The lowest BCUT2D eigenvalue weighted by Crippen LogP contribution is -2.22. The van der Waals surface area contributed by atoms with Gasteiger partial charge in [-0.05, 0) is 23.8 Å². The molecule has 0 fully saturated rings. The highest BCUT2D eigenvalue weighted by molar-refractivity contribution is 6.30. The number of esters is 1. The fourth-order valence-corrected chi connectivity index (χ4v) is 1.59. The first-order valence-electron chi connectivity index (χ1n) is 4.86. The Morgan fingerprint density at radius 1 is 1.41 bits per heavy atom. The van der Waals surface area contributed by atoms with Crippen LogP contribution in [-0.4, -0.2) is 34.5 Å². The van der Waals surface area contributed by atoms with Gasteiger partial charge in [-0.3, -0.25) is 4.79 Å². The van der Waals surface area contributed by atoms with Crippen molar-refractivity contribution < 1.29 is 24.9 Å². The number of phenolic OH excluding ortho intramolecular Hbond substituents is 1. The number of aromatic hydroxyl groups is 1. The Balaban J connectivity index is 2.80. The predicted octanol–water partition coefficient (Wildman–Crippen LogP) is 1.00. The van der Waals surface area contributed by atoms with E-state index in [2.05, 4.69) is 4.74 Å². The van der Waals surface area contributed by atoms with E-state index in [1.165, 1.54) is 25.3 Å². The molecule has 0 amide bonds. The van der Waals surface area contributed by atoms with Gasteiger partial charge in [-0.2, -0.15) is 0 Å². The largest absolute Gasteiger partial charge is 0.508 e. The van der Waals surface area contributed by atoms with E-state index in [9.17, 15) is 20.1 Å². The van der Waals surface area contributed by atoms with Gasteiger partial charge in [0.25, 0.3) is 0 Å².